The molecular formula is C11H12N2O2. The standard InChI is InChI=1S/C11H12N2O2/c1-13(10-7-11(14)15-12-10)8-9-5-3-2-4-6-9/h2-7,12H,8H2,1H3. The first-order valence-electron chi connectivity index (χ1n) is 4.69. The summed E-state index contributed by atoms with van der Waals surface area (Å²) in [5.41, 5.74) is 0.826. The van der Waals surface area contributed by atoms with Crippen LogP contribution in [-0.2, 0) is 6.54 Å². The molecule has 0 saturated heterocycles. The van der Waals surface area contributed by atoms with Crippen LogP contribution in [0.25, 0.3) is 0 Å². The van der Waals surface area contributed by atoms with E-state index in [0.717, 1.165) is 6.54 Å². The van der Waals surface area contributed by atoms with Gasteiger partial charge in [0.15, 0.2) is 0 Å². The molecule has 0 unspecified atom stereocenters. The van der Waals surface area contributed by atoms with Gasteiger partial charge in [0.1, 0.15) is 5.82 Å². The van der Waals surface area contributed by atoms with Crippen molar-refractivity contribution in [1.82, 2.24) is 5.16 Å². The summed E-state index contributed by atoms with van der Waals surface area (Å²) in [6.07, 6.45) is 0. The Bertz CT molecular complexity index is 473. The van der Waals surface area contributed by atoms with Gasteiger partial charge in [-0.2, -0.15) is 0 Å². The quantitative estimate of drug-likeness (QED) is 0.826. The van der Waals surface area contributed by atoms with Crippen LogP contribution in [0.15, 0.2) is 45.7 Å². The van der Waals surface area contributed by atoms with Gasteiger partial charge < -0.3 is 9.42 Å². The van der Waals surface area contributed by atoms with Gasteiger partial charge in [-0.3, -0.25) is 0 Å². The summed E-state index contributed by atoms with van der Waals surface area (Å²) in [5, 5.41) is 2.56. The summed E-state index contributed by atoms with van der Waals surface area (Å²) in [6.45, 7) is 0.732. The number of aromatic amines is 1. The average Bonchev–Trinajstić information content (AvgIpc) is 2.66. The van der Waals surface area contributed by atoms with Crippen LogP contribution < -0.4 is 10.5 Å². The summed E-state index contributed by atoms with van der Waals surface area (Å²) >= 11 is 0. The van der Waals surface area contributed by atoms with Gasteiger partial charge in [0.2, 0.25) is 0 Å². The van der Waals surface area contributed by atoms with Crippen molar-refractivity contribution < 1.29 is 4.52 Å². The largest absolute Gasteiger partial charge is 0.359 e. The molecular weight excluding hydrogens is 192 g/mol. The summed E-state index contributed by atoms with van der Waals surface area (Å²) in [4.78, 5) is 12.7. The molecule has 15 heavy (non-hydrogen) atoms. The van der Waals surface area contributed by atoms with Gasteiger partial charge in [-0.1, -0.05) is 30.3 Å². The van der Waals surface area contributed by atoms with E-state index in [1.165, 1.54) is 11.6 Å². The normalized spacial score (nSPS) is 10.2. The Labute approximate surface area is 87.1 Å². The minimum atomic E-state index is -0.357. The molecule has 0 aliphatic rings. The second kappa shape index (κ2) is 4.04. The molecule has 0 fully saturated rings. The summed E-state index contributed by atoms with van der Waals surface area (Å²) in [7, 11) is 1.90. The number of hydrogen-bond donors (Lipinski definition) is 1. The van der Waals surface area contributed by atoms with Gasteiger partial charge in [-0.15, -0.1) is 0 Å². The number of hydrogen-bond acceptors (Lipinski definition) is 3. The van der Waals surface area contributed by atoms with Crippen LogP contribution in [0.1, 0.15) is 5.56 Å². The highest BCUT2D eigenvalue weighted by atomic mass is 16.5. The maximum Gasteiger partial charge on any atom is 0.359 e. The van der Waals surface area contributed by atoms with Crippen molar-refractivity contribution in [3.05, 3.63) is 52.4 Å². The van der Waals surface area contributed by atoms with Crippen LogP contribution in [-0.4, -0.2) is 12.2 Å². The van der Waals surface area contributed by atoms with E-state index in [-0.39, 0.29) is 5.63 Å². The number of nitrogens with one attached hydrogen (secondary N) is 1. The minimum Gasteiger partial charge on any atom is -0.355 e. The molecule has 78 valence electrons. The first-order chi connectivity index (χ1) is 7.25. The molecule has 0 amide bonds. The van der Waals surface area contributed by atoms with Crippen molar-refractivity contribution in [3.63, 3.8) is 0 Å². The third kappa shape index (κ3) is 2.28. The highest BCUT2D eigenvalue weighted by Crippen LogP contribution is 2.09. The Balaban J connectivity index is 2.10. The smallest absolute Gasteiger partial charge is 0.355 e. The maximum atomic E-state index is 10.8. The molecule has 1 N–H and O–H groups in total. The van der Waals surface area contributed by atoms with E-state index in [0.29, 0.717) is 5.82 Å². The maximum absolute atomic E-state index is 10.8. The summed E-state index contributed by atoms with van der Waals surface area (Å²) < 4.78 is 4.60. The Morgan fingerprint density at radius 1 is 1.33 bits per heavy atom. The molecule has 1 heterocycles. The Morgan fingerprint density at radius 2 is 2.07 bits per heavy atom. The highest BCUT2D eigenvalue weighted by Gasteiger charge is 2.04. The van der Waals surface area contributed by atoms with Crippen LogP contribution in [0.5, 0.6) is 0 Å². The van der Waals surface area contributed by atoms with Crippen LogP contribution in [0.3, 0.4) is 0 Å². The number of rotatable bonds is 3. The molecule has 4 heteroatoms. The lowest BCUT2D eigenvalue weighted by Gasteiger charge is -2.15. The fourth-order valence-corrected chi connectivity index (χ4v) is 1.40. The second-order valence-corrected chi connectivity index (χ2v) is 3.39. The van der Waals surface area contributed by atoms with Crippen LogP contribution >= 0.6 is 0 Å². The van der Waals surface area contributed by atoms with E-state index < -0.39 is 0 Å². The van der Waals surface area contributed by atoms with Gasteiger partial charge in [0, 0.05) is 13.6 Å². The van der Waals surface area contributed by atoms with Gasteiger partial charge in [-0.25, -0.2) is 9.95 Å². The van der Waals surface area contributed by atoms with E-state index in [2.05, 4.69) is 9.68 Å². The monoisotopic (exact) mass is 204 g/mol. The molecule has 0 bridgehead atoms. The highest BCUT2D eigenvalue weighted by molar-refractivity contribution is 5.35. The van der Waals surface area contributed by atoms with E-state index >= 15 is 0 Å². The first kappa shape index (κ1) is 9.58. The molecule has 2 aromatic rings. The second-order valence-electron chi connectivity index (χ2n) is 3.39. The summed E-state index contributed by atoms with van der Waals surface area (Å²) in [6, 6.07) is 11.5. The Hall–Kier alpha value is -1.97. The molecule has 0 atom stereocenters. The SMILES string of the molecule is CN(Cc1ccccc1)c1cc(=O)o[nH]1. The molecule has 0 radical (unpaired) electrons. The topological polar surface area (TPSA) is 49.2 Å². The molecule has 1 aromatic carbocycles. The third-order valence-electron chi connectivity index (χ3n) is 2.18. The van der Waals surface area contributed by atoms with E-state index in [1.807, 2.05) is 42.3 Å². The lowest BCUT2D eigenvalue weighted by Crippen LogP contribution is -2.16. The van der Waals surface area contributed by atoms with Crippen molar-refractivity contribution in [3.8, 4) is 0 Å². The first-order valence-corrected chi connectivity index (χ1v) is 4.69. The predicted molar refractivity (Wildman–Crippen MR) is 57.9 cm³/mol. The minimum absolute atomic E-state index is 0.357. The van der Waals surface area contributed by atoms with E-state index in [1.54, 1.807) is 0 Å². The van der Waals surface area contributed by atoms with Crippen molar-refractivity contribution in [2.75, 3.05) is 11.9 Å². The van der Waals surface area contributed by atoms with Crippen LogP contribution in [0.4, 0.5) is 5.82 Å². The van der Waals surface area contributed by atoms with Crippen LogP contribution in [0.2, 0.25) is 0 Å². The van der Waals surface area contributed by atoms with Crippen molar-refractivity contribution in [1.29, 1.82) is 0 Å². The number of aromatic nitrogens is 1. The number of benzene rings is 1. The zero-order chi connectivity index (χ0) is 10.7. The molecule has 4 nitrogen and oxygen atoms in total. The van der Waals surface area contributed by atoms with Crippen LogP contribution in [0, 0.1) is 0 Å². The molecule has 2 rings (SSSR count). The van der Waals surface area contributed by atoms with Crippen molar-refractivity contribution in [2.45, 2.75) is 6.54 Å². The fraction of sp³-hybridized carbons (Fsp3) is 0.182. The van der Waals surface area contributed by atoms with Gasteiger partial charge in [0.05, 0.1) is 6.07 Å². The van der Waals surface area contributed by atoms with Crippen molar-refractivity contribution in [2.24, 2.45) is 0 Å². The number of H-pyrrole nitrogens is 1. The summed E-state index contributed by atoms with van der Waals surface area (Å²) in [5.74, 6) is 0.684. The van der Waals surface area contributed by atoms with Crippen molar-refractivity contribution >= 4 is 5.82 Å². The molecule has 0 aliphatic carbocycles. The zero-order valence-electron chi connectivity index (χ0n) is 8.43. The molecule has 1 aromatic heterocycles. The molecule has 0 spiro atoms. The van der Waals surface area contributed by atoms with Gasteiger partial charge in [0.25, 0.3) is 0 Å². The number of nitrogens with zero attached hydrogens (tertiary/aromatic N) is 1. The lowest BCUT2D eigenvalue weighted by atomic mass is 10.2. The zero-order valence-corrected chi connectivity index (χ0v) is 8.43. The Kier molecular flexibility index (Phi) is 2.58. The average molecular weight is 204 g/mol. The third-order valence-corrected chi connectivity index (χ3v) is 2.18. The molecule has 0 aliphatic heterocycles. The number of anilines is 1. The Morgan fingerprint density at radius 3 is 2.67 bits per heavy atom. The molecule has 0 saturated carbocycles. The van der Waals surface area contributed by atoms with E-state index in [9.17, 15) is 4.79 Å². The van der Waals surface area contributed by atoms with Gasteiger partial charge in [-0.05, 0) is 5.56 Å². The van der Waals surface area contributed by atoms with Gasteiger partial charge >= 0.3 is 5.63 Å². The lowest BCUT2D eigenvalue weighted by molar-refractivity contribution is 0.392. The fourth-order valence-electron chi connectivity index (χ4n) is 1.40. The van der Waals surface area contributed by atoms with E-state index in [4.69, 9.17) is 0 Å². The predicted octanol–water partition coefficient (Wildman–Crippen LogP) is 1.60.